The lowest BCUT2D eigenvalue weighted by Gasteiger charge is -2.12. The molecule has 2 nitrogen and oxygen atoms in total. The van der Waals surface area contributed by atoms with Crippen molar-refractivity contribution in [3.8, 4) is 5.75 Å². The van der Waals surface area contributed by atoms with Crippen LogP contribution in [0.3, 0.4) is 0 Å². The Hall–Kier alpha value is -0.960. The van der Waals surface area contributed by atoms with Gasteiger partial charge in [0.05, 0.1) is 11.6 Å². The summed E-state index contributed by atoms with van der Waals surface area (Å²) in [7, 11) is 4.12. The molecule has 4 heteroatoms. The van der Waals surface area contributed by atoms with Crippen LogP contribution in [0.25, 0.3) is 10.8 Å². The second kappa shape index (κ2) is 7.59. The zero-order valence-corrected chi connectivity index (χ0v) is 12.8. The van der Waals surface area contributed by atoms with E-state index in [0.717, 1.165) is 29.5 Å². The molecule has 0 aliphatic carbocycles. The van der Waals surface area contributed by atoms with E-state index in [-0.39, 0.29) is 12.4 Å². The zero-order valence-electron chi connectivity index (χ0n) is 11.2. The van der Waals surface area contributed by atoms with Gasteiger partial charge >= 0.3 is 0 Å². The molecule has 0 spiro atoms. The highest BCUT2D eigenvalue weighted by Crippen LogP contribution is 2.32. The van der Waals surface area contributed by atoms with Crippen LogP contribution in [0.2, 0.25) is 5.02 Å². The summed E-state index contributed by atoms with van der Waals surface area (Å²) in [6, 6.07) is 12.1. The molecule has 104 valence electrons. The van der Waals surface area contributed by atoms with Crippen molar-refractivity contribution < 1.29 is 4.74 Å². The lowest BCUT2D eigenvalue weighted by Crippen LogP contribution is -2.15. The first kappa shape index (κ1) is 16.1. The molecular formula is C15H19Cl2NO. The van der Waals surface area contributed by atoms with Gasteiger partial charge in [-0.1, -0.05) is 41.9 Å². The van der Waals surface area contributed by atoms with Gasteiger partial charge in [-0.05, 0) is 32.0 Å². The van der Waals surface area contributed by atoms with E-state index in [2.05, 4.69) is 25.1 Å². The molecule has 2 aromatic carbocycles. The highest BCUT2D eigenvalue weighted by atomic mass is 35.5. The van der Waals surface area contributed by atoms with Gasteiger partial charge in [0.25, 0.3) is 0 Å². The van der Waals surface area contributed by atoms with Gasteiger partial charge in [-0.15, -0.1) is 12.4 Å². The van der Waals surface area contributed by atoms with Crippen LogP contribution in [-0.4, -0.2) is 32.1 Å². The van der Waals surface area contributed by atoms with Crippen LogP contribution < -0.4 is 4.74 Å². The fraction of sp³-hybridized carbons (Fsp3) is 0.333. The van der Waals surface area contributed by atoms with E-state index in [4.69, 9.17) is 16.3 Å². The number of rotatable bonds is 5. The van der Waals surface area contributed by atoms with E-state index in [1.807, 2.05) is 30.3 Å². The molecule has 0 heterocycles. The molecule has 0 saturated heterocycles. The summed E-state index contributed by atoms with van der Waals surface area (Å²) < 4.78 is 5.74. The average Bonchev–Trinajstić information content (AvgIpc) is 2.37. The first-order chi connectivity index (χ1) is 8.68. The van der Waals surface area contributed by atoms with Gasteiger partial charge in [0.15, 0.2) is 0 Å². The maximum Gasteiger partial charge on any atom is 0.138 e. The summed E-state index contributed by atoms with van der Waals surface area (Å²) in [6.07, 6.45) is 0.996. The second-order valence-electron chi connectivity index (χ2n) is 4.60. The third-order valence-corrected chi connectivity index (χ3v) is 3.22. The molecule has 0 aliphatic heterocycles. The van der Waals surface area contributed by atoms with E-state index >= 15 is 0 Å². The van der Waals surface area contributed by atoms with Crippen LogP contribution in [0, 0.1) is 0 Å². The van der Waals surface area contributed by atoms with E-state index in [1.54, 1.807) is 0 Å². The topological polar surface area (TPSA) is 12.5 Å². The number of fused-ring (bicyclic) bond motifs is 1. The normalized spacial score (nSPS) is 10.5. The highest BCUT2D eigenvalue weighted by Gasteiger charge is 2.05. The molecule has 0 N–H and O–H groups in total. The Labute approximate surface area is 125 Å². The van der Waals surface area contributed by atoms with Crippen molar-refractivity contribution >= 4 is 34.8 Å². The number of hydrogen-bond donors (Lipinski definition) is 0. The standard InChI is InChI=1S/C15H18ClNO.ClH/c1-17(2)10-5-11-18-14-9-8-12-6-3-4-7-13(12)15(14)16;/h3-4,6-9H,5,10-11H2,1-2H3;1H. The number of ether oxygens (including phenoxy) is 1. The predicted octanol–water partition coefficient (Wildman–Crippen LogP) is 4.25. The Morgan fingerprint density at radius 1 is 1.11 bits per heavy atom. The number of benzene rings is 2. The first-order valence-corrected chi connectivity index (χ1v) is 6.51. The number of hydrogen-bond acceptors (Lipinski definition) is 2. The number of nitrogens with zero attached hydrogens (tertiary/aromatic N) is 1. The molecule has 2 rings (SSSR count). The third kappa shape index (κ3) is 4.27. The van der Waals surface area contributed by atoms with Crippen LogP contribution in [0.15, 0.2) is 36.4 Å². The van der Waals surface area contributed by atoms with Crippen molar-refractivity contribution in [2.45, 2.75) is 6.42 Å². The summed E-state index contributed by atoms with van der Waals surface area (Å²) in [6.45, 7) is 1.71. The van der Waals surface area contributed by atoms with Crippen molar-refractivity contribution in [2.75, 3.05) is 27.2 Å². The monoisotopic (exact) mass is 299 g/mol. The van der Waals surface area contributed by atoms with Crippen LogP contribution in [-0.2, 0) is 0 Å². The fourth-order valence-electron chi connectivity index (χ4n) is 1.89. The van der Waals surface area contributed by atoms with Crippen molar-refractivity contribution in [3.05, 3.63) is 41.4 Å². The van der Waals surface area contributed by atoms with Gasteiger partial charge < -0.3 is 9.64 Å². The third-order valence-electron chi connectivity index (χ3n) is 2.84. The quantitative estimate of drug-likeness (QED) is 0.766. The second-order valence-corrected chi connectivity index (χ2v) is 4.98. The summed E-state index contributed by atoms with van der Waals surface area (Å²) in [4.78, 5) is 2.14. The summed E-state index contributed by atoms with van der Waals surface area (Å²) in [5.74, 6) is 0.772. The Kier molecular flexibility index (Phi) is 6.43. The largest absolute Gasteiger partial charge is 0.492 e. The van der Waals surface area contributed by atoms with Crippen LogP contribution in [0.1, 0.15) is 6.42 Å². The van der Waals surface area contributed by atoms with Crippen LogP contribution >= 0.6 is 24.0 Å². The Morgan fingerprint density at radius 3 is 2.58 bits per heavy atom. The summed E-state index contributed by atoms with van der Waals surface area (Å²) >= 11 is 6.35. The molecule has 0 aromatic heterocycles. The molecule has 0 bridgehead atoms. The average molecular weight is 300 g/mol. The van der Waals surface area contributed by atoms with Crippen LogP contribution in [0.4, 0.5) is 0 Å². The molecule has 2 aromatic rings. The molecule has 0 aliphatic rings. The van der Waals surface area contributed by atoms with Crippen molar-refractivity contribution in [1.29, 1.82) is 0 Å². The van der Waals surface area contributed by atoms with E-state index in [1.165, 1.54) is 0 Å². The van der Waals surface area contributed by atoms with Crippen molar-refractivity contribution in [1.82, 2.24) is 4.90 Å². The Bertz CT molecular complexity index is 529. The predicted molar refractivity (Wildman–Crippen MR) is 84.9 cm³/mol. The smallest absolute Gasteiger partial charge is 0.138 e. The first-order valence-electron chi connectivity index (χ1n) is 6.13. The fourth-order valence-corrected chi connectivity index (χ4v) is 2.18. The van der Waals surface area contributed by atoms with E-state index in [0.29, 0.717) is 11.6 Å². The lowest BCUT2D eigenvalue weighted by atomic mass is 10.1. The minimum absolute atomic E-state index is 0. The Balaban J connectivity index is 0.00000180. The molecule has 0 fully saturated rings. The highest BCUT2D eigenvalue weighted by molar-refractivity contribution is 6.37. The molecule has 0 atom stereocenters. The molecule has 0 saturated carbocycles. The van der Waals surface area contributed by atoms with Crippen molar-refractivity contribution in [3.63, 3.8) is 0 Å². The van der Waals surface area contributed by atoms with Gasteiger partial charge in [0.1, 0.15) is 5.75 Å². The molecule has 0 unspecified atom stereocenters. The Morgan fingerprint density at radius 2 is 1.84 bits per heavy atom. The van der Waals surface area contributed by atoms with E-state index < -0.39 is 0 Å². The molecular weight excluding hydrogens is 281 g/mol. The summed E-state index contributed by atoms with van der Waals surface area (Å²) in [5, 5.41) is 2.89. The van der Waals surface area contributed by atoms with Crippen molar-refractivity contribution in [2.24, 2.45) is 0 Å². The van der Waals surface area contributed by atoms with Crippen LogP contribution in [0.5, 0.6) is 5.75 Å². The van der Waals surface area contributed by atoms with E-state index in [9.17, 15) is 0 Å². The van der Waals surface area contributed by atoms with Gasteiger partial charge in [-0.3, -0.25) is 0 Å². The van der Waals surface area contributed by atoms with Gasteiger partial charge in [-0.25, -0.2) is 0 Å². The maximum absolute atomic E-state index is 6.35. The molecule has 0 amide bonds. The lowest BCUT2D eigenvalue weighted by molar-refractivity contribution is 0.282. The SMILES string of the molecule is CN(C)CCCOc1ccc2ccccc2c1Cl.Cl. The molecule has 0 radical (unpaired) electrons. The number of halogens is 2. The van der Waals surface area contributed by atoms with Gasteiger partial charge in [0.2, 0.25) is 0 Å². The minimum Gasteiger partial charge on any atom is -0.492 e. The van der Waals surface area contributed by atoms with Gasteiger partial charge in [0, 0.05) is 11.9 Å². The minimum atomic E-state index is 0. The maximum atomic E-state index is 6.35. The van der Waals surface area contributed by atoms with Gasteiger partial charge in [-0.2, -0.15) is 0 Å². The zero-order chi connectivity index (χ0) is 13.0. The molecule has 19 heavy (non-hydrogen) atoms. The summed E-state index contributed by atoms with van der Waals surface area (Å²) in [5.41, 5.74) is 0.